The number of imidazole rings is 1. The SMILES string of the molecule is CN(CCn1cnc2c(N)ncnc21)CC(=O)Nc1sc2c(c1C(=O)c1ccccc1)CCCC2. The van der Waals surface area contributed by atoms with Crippen LogP contribution in [0.5, 0.6) is 0 Å². The Labute approximate surface area is 207 Å². The molecule has 0 fully saturated rings. The summed E-state index contributed by atoms with van der Waals surface area (Å²) in [6.07, 6.45) is 7.11. The number of nitrogens with one attached hydrogen (secondary N) is 1. The number of amides is 1. The van der Waals surface area contributed by atoms with Crippen molar-refractivity contribution in [2.24, 2.45) is 0 Å². The molecule has 9 nitrogen and oxygen atoms in total. The summed E-state index contributed by atoms with van der Waals surface area (Å²) in [7, 11) is 1.89. The van der Waals surface area contributed by atoms with E-state index in [1.54, 1.807) is 17.7 Å². The third-order valence-electron chi connectivity index (χ3n) is 6.25. The lowest BCUT2D eigenvalue weighted by Crippen LogP contribution is -2.32. The van der Waals surface area contributed by atoms with Gasteiger partial charge in [0.2, 0.25) is 5.91 Å². The normalized spacial score (nSPS) is 13.2. The van der Waals surface area contributed by atoms with Crippen LogP contribution in [-0.4, -0.2) is 56.2 Å². The van der Waals surface area contributed by atoms with Gasteiger partial charge in [0.05, 0.1) is 18.4 Å². The monoisotopic (exact) mass is 489 g/mol. The third kappa shape index (κ3) is 4.80. The second-order valence-electron chi connectivity index (χ2n) is 8.77. The quantitative estimate of drug-likeness (QED) is 0.365. The lowest BCUT2D eigenvalue weighted by atomic mass is 9.92. The Hall–Kier alpha value is -3.63. The predicted molar refractivity (Wildman–Crippen MR) is 137 cm³/mol. The number of likely N-dealkylation sites (N-methyl/N-ethyl adjacent to an activating group) is 1. The highest BCUT2D eigenvalue weighted by molar-refractivity contribution is 7.17. The molecular weight excluding hydrogens is 462 g/mol. The van der Waals surface area contributed by atoms with Crippen molar-refractivity contribution in [3.63, 3.8) is 0 Å². The van der Waals surface area contributed by atoms with Gasteiger partial charge in [0.1, 0.15) is 16.8 Å². The van der Waals surface area contributed by atoms with Crippen LogP contribution in [0.3, 0.4) is 0 Å². The minimum atomic E-state index is -0.143. The van der Waals surface area contributed by atoms with Crippen molar-refractivity contribution in [3.05, 3.63) is 64.6 Å². The summed E-state index contributed by atoms with van der Waals surface area (Å²) in [5.74, 6) is 0.179. The minimum absolute atomic E-state index is 0.0260. The van der Waals surface area contributed by atoms with Crippen LogP contribution >= 0.6 is 11.3 Å². The summed E-state index contributed by atoms with van der Waals surface area (Å²) >= 11 is 1.54. The number of rotatable bonds is 8. The number of hydrogen-bond donors (Lipinski definition) is 2. The molecule has 0 unspecified atom stereocenters. The van der Waals surface area contributed by atoms with Crippen molar-refractivity contribution in [2.45, 2.75) is 32.2 Å². The van der Waals surface area contributed by atoms with E-state index in [0.717, 1.165) is 31.2 Å². The Morgan fingerprint density at radius 3 is 2.77 bits per heavy atom. The molecule has 0 spiro atoms. The fraction of sp³-hybridized carbons (Fsp3) is 0.320. The van der Waals surface area contributed by atoms with E-state index in [1.165, 1.54) is 11.2 Å². The number of aryl methyl sites for hydroxylation is 1. The molecule has 3 aromatic heterocycles. The van der Waals surface area contributed by atoms with E-state index < -0.39 is 0 Å². The van der Waals surface area contributed by atoms with Gasteiger partial charge in [-0.3, -0.25) is 14.5 Å². The number of thiophene rings is 1. The van der Waals surface area contributed by atoms with Gasteiger partial charge in [-0.05, 0) is 38.3 Å². The number of nitrogen functional groups attached to an aromatic ring is 1. The van der Waals surface area contributed by atoms with Gasteiger partial charge >= 0.3 is 0 Å². The van der Waals surface area contributed by atoms with Crippen LogP contribution in [0, 0.1) is 0 Å². The fourth-order valence-corrected chi connectivity index (χ4v) is 5.76. The molecule has 10 heteroatoms. The largest absolute Gasteiger partial charge is 0.382 e. The molecule has 1 aliphatic rings. The minimum Gasteiger partial charge on any atom is -0.382 e. The molecule has 0 atom stereocenters. The van der Waals surface area contributed by atoms with Crippen LogP contribution in [0.1, 0.15) is 39.2 Å². The first-order valence-corrected chi connectivity index (χ1v) is 12.5. The molecule has 0 bridgehead atoms. The van der Waals surface area contributed by atoms with E-state index in [4.69, 9.17) is 5.73 Å². The number of anilines is 2. The predicted octanol–water partition coefficient (Wildman–Crippen LogP) is 3.15. The van der Waals surface area contributed by atoms with Crippen molar-refractivity contribution in [1.29, 1.82) is 0 Å². The van der Waals surface area contributed by atoms with Gasteiger partial charge < -0.3 is 15.6 Å². The van der Waals surface area contributed by atoms with E-state index in [2.05, 4.69) is 20.3 Å². The van der Waals surface area contributed by atoms with Gasteiger partial charge in [-0.2, -0.15) is 0 Å². The smallest absolute Gasteiger partial charge is 0.239 e. The Morgan fingerprint density at radius 1 is 1.14 bits per heavy atom. The van der Waals surface area contributed by atoms with Gasteiger partial charge in [-0.15, -0.1) is 11.3 Å². The Kier molecular flexibility index (Phi) is 6.56. The van der Waals surface area contributed by atoms with E-state index in [0.29, 0.717) is 46.2 Å². The number of aromatic nitrogens is 4. The summed E-state index contributed by atoms with van der Waals surface area (Å²) in [6.45, 7) is 1.41. The zero-order chi connectivity index (χ0) is 24.4. The van der Waals surface area contributed by atoms with Gasteiger partial charge in [-0.25, -0.2) is 15.0 Å². The van der Waals surface area contributed by atoms with Gasteiger partial charge in [0.15, 0.2) is 17.2 Å². The highest BCUT2D eigenvalue weighted by atomic mass is 32.1. The number of nitrogens with zero attached hydrogens (tertiary/aromatic N) is 5. The van der Waals surface area contributed by atoms with Gasteiger partial charge in [0, 0.05) is 23.5 Å². The second kappa shape index (κ2) is 9.93. The number of ketones is 1. The van der Waals surface area contributed by atoms with Crippen molar-refractivity contribution in [1.82, 2.24) is 24.4 Å². The van der Waals surface area contributed by atoms with Crippen LogP contribution in [0.4, 0.5) is 10.8 Å². The Bertz CT molecular complexity index is 1380. The first-order valence-electron chi connectivity index (χ1n) is 11.6. The van der Waals surface area contributed by atoms with E-state index in [1.807, 2.05) is 46.8 Å². The highest BCUT2D eigenvalue weighted by Crippen LogP contribution is 2.39. The molecule has 1 aromatic carbocycles. The number of carbonyl (C=O) groups is 2. The van der Waals surface area contributed by atoms with Crippen molar-refractivity contribution in [2.75, 3.05) is 31.2 Å². The van der Waals surface area contributed by atoms with E-state index in [9.17, 15) is 9.59 Å². The number of fused-ring (bicyclic) bond motifs is 2. The molecule has 4 aromatic rings. The summed E-state index contributed by atoms with van der Waals surface area (Å²) in [5, 5.41) is 3.70. The molecule has 180 valence electrons. The van der Waals surface area contributed by atoms with E-state index in [-0.39, 0.29) is 18.2 Å². The average molecular weight is 490 g/mol. The Balaban J connectivity index is 1.27. The van der Waals surface area contributed by atoms with Crippen LogP contribution in [-0.2, 0) is 24.2 Å². The summed E-state index contributed by atoms with van der Waals surface area (Å²) in [6, 6.07) is 9.28. The molecule has 1 aliphatic carbocycles. The maximum absolute atomic E-state index is 13.4. The topological polar surface area (TPSA) is 119 Å². The molecule has 0 saturated carbocycles. The summed E-state index contributed by atoms with van der Waals surface area (Å²) in [5.41, 5.74) is 9.51. The first-order chi connectivity index (χ1) is 17.0. The fourth-order valence-electron chi connectivity index (χ4n) is 4.46. The highest BCUT2D eigenvalue weighted by Gasteiger charge is 2.27. The van der Waals surface area contributed by atoms with Crippen LogP contribution in [0.2, 0.25) is 0 Å². The van der Waals surface area contributed by atoms with Crippen molar-refractivity contribution < 1.29 is 9.59 Å². The molecule has 0 radical (unpaired) electrons. The second-order valence-corrected chi connectivity index (χ2v) is 9.87. The van der Waals surface area contributed by atoms with E-state index >= 15 is 0 Å². The van der Waals surface area contributed by atoms with Crippen LogP contribution < -0.4 is 11.1 Å². The molecule has 1 amide bonds. The third-order valence-corrected chi connectivity index (χ3v) is 7.46. The van der Waals surface area contributed by atoms with Gasteiger partial charge in [-0.1, -0.05) is 30.3 Å². The molecule has 35 heavy (non-hydrogen) atoms. The average Bonchev–Trinajstić information content (AvgIpc) is 3.44. The molecule has 3 heterocycles. The number of hydrogen-bond acceptors (Lipinski definition) is 8. The van der Waals surface area contributed by atoms with Crippen LogP contribution in [0.25, 0.3) is 11.2 Å². The lowest BCUT2D eigenvalue weighted by molar-refractivity contribution is -0.117. The summed E-state index contributed by atoms with van der Waals surface area (Å²) < 4.78 is 1.89. The molecule has 0 saturated heterocycles. The number of carbonyl (C=O) groups excluding carboxylic acids is 2. The first kappa shape index (κ1) is 23.1. The maximum Gasteiger partial charge on any atom is 0.239 e. The summed E-state index contributed by atoms with van der Waals surface area (Å²) in [4.78, 5) is 42.0. The van der Waals surface area contributed by atoms with Crippen molar-refractivity contribution >= 4 is 45.0 Å². The van der Waals surface area contributed by atoms with Crippen LogP contribution in [0.15, 0.2) is 43.0 Å². The zero-order valence-electron chi connectivity index (χ0n) is 19.5. The van der Waals surface area contributed by atoms with Gasteiger partial charge in [0.25, 0.3) is 0 Å². The standard InChI is InChI=1S/C25H27N7O2S/c1-31(11-12-32-15-29-21-23(26)27-14-28-24(21)32)13-19(33)30-25-20(17-9-5-6-10-18(17)35-25)22(34)16-7-3-2-4-8-16/h2-4,7-8,14-15H,5-6,9-13H2,1H3,(H,30,33)(H2,26,27,28). The molecule has 5 rings (SSSR count). The molecule has 3 N–H and O–H groups in total. The maximum atomic E-state index is 13.4. The Morgan fingerprint density at radius 2 is 1.94 bits per heavy atom. The molecule has 0 aliphatic heterocycles. The number of nitrogens with two attached hydrogens (primary N) is 1. The zero-order valence-corrected chi connectivity index (χ0v) is 20.3. The van der Waals surface area contributed by atoms with Crippen molar-refractivity contribution in [3.8, 4) is 0 Å². The number of benzene rings is 1. The molecular formula is C25H27N7O2S. The lowest BCUT2D eigenvalue weighted by Gasteiger charge is -2.17.